The third kappa shape index (κ3) is 3.55. The molecule has 1 heterocycles. The Morgan fingerprint density at radius 1 is 1.15 bits per heavy atom. The lowest BCUT2D eigenvalue weighted by Gasteiger charge is -2.05. The van der Waals surface area contributed by atoms with Crippen molar-refractivity contribution in [3.8, 4) is 0 Å². The van der Waals surface area contributed by atoms with Gasteiger partial charge in [-0.15, -0.1) is 11.3 Å². The Morgan fingerprint density at radius 3 is 2.50 bits per heavy atom. The zero-order valence-corrected chi connectivity index (χ0v) is 11.9. The number of hydrogen-bond acceptors (Lipinski definition) is 4. The molecule has 0 aliphatic carbocycles. The summed E-state index contributed by atoms with van der Waals surface area (Å²) in [6, 6.07) is 7.04. The first kappa shape index (κ1) is 14.0. The second kappa shape index (κ2) is 6.16. The van der Waals surface area contributed by atoms with Crippen LogP contribution in [-0.2, 0) is 0 Å². The number of thiazole rings is 1. The number of urea groups is 1. The number of aryl methyl sites for hydroxylation is 1. The fourth-order valence-corrected chi connectivity index (χ4v) is 2.15. The molecule has 0 saturated carbocycles. The average molecular weight is 290 g/mol. The number of carbonyl (C=O) groups excluding carboxylic acids is 2. The zero-order chi connectivity index (χ0) is 14.5. The van der Waals surface area contributed by atoms with E-state index in [2.05, 4.69) is 20.9 Å². The van der Waals surface area contributed by atoms with Crippen molar-refractivity contribution in [2.24, 2.45) is 0 Å². The SMILES string of the molecule is CNC(=O)c1csc(NC(=O)Nc2ccc(C)cc2)n1. The predicted octanol–water partition coefficient (Wildman–Crippen LogP) is 2.46. The first-order valence-electron chi connectivity index (χ1n) is 5.91. The van der Waals surface area contributed by atoms with E-state index in [4.69, 9.17) is 0 Å². The van der Waals surface area contributed by atoms with Gasteiger partial charge in [0.15, 0.2) is 5.13 Å². The topological polar surface area (TPSA) is 83.1 Å². The summed E-state index contributed by atoms with van der Waals surface area (Å²) in [5, 5.41) is 9.69. The van der Waals surface area contributed by atoms with Crippen molar-refractivity contribution in [2.75, 3.05) is 17.7 Å². The third-order valence-corrected chi connectivity index (χ3v) is 3.25. The highest BCUT2D eigenvalue weighted by Crippen LogP contribution is 2.16. The Hall–Kier alpha value is -2.41. The van der Waals surface area contributed by atoms with Gasteiger partial charge in [-0.3, -0.25) is 10.1 Å². The van der Waals surface area contributed by atoms with Crippen molar-refractivity contribution >= 4 is 34.1 Å². The van der Waals surface area contributed by atoms with E-state index in [1.165, 1.54) is 18.4 Å². The highest BCUT2D eigenvalue weighted by Gasteiger charge is 2.10. The first-order valence-corrected chi connectivity index (χ1v) is 6.78. The van der Waals surface area contributed by atoms with Gasteiger partial charge in [0.05, 0.1) is 0 Å². The van der Waals surface area contributed by atoms with Crippen molar-refractivity contribution in [1.29, 1.82) is 0 Å². The molecule has 0 fully saturated rings. The maximum Gasteiger partial charge on any atom is 0.325 e. The fraction of sp³-hybridized carbons (Fsp3) is 0.154. The molecule has 1 aromatic carbocycles. The molecule has 6 nitrogen and oxygen atoms in total. The van der Waals surface area contributed by atoms with Crippen LogP contribution in [0.4, 0.5) is 15.6 Å². The van der Waals surface area contributed by atoms with E-state index < -0.39 is 6.03 Å². The molecule has 0 saturated heterocycles. The molecule has 3 N–H and O–H groups in total. The molecule has 104 valence electrons. The van der Waals surface area contributed by atoms with Crippen LogP contribution >= 0.6 is 11.3 Å². The van der Waals surface area contributed by atoms with Crippen molar-refractivity contribution < 1.29 is 9.59 Å². The summed E-state index contributed by atoms with van der Waals surface area (Å²) in [4.78, 5) is 27.1. The Labute approximate surface area is 120 Å². The molecule has 0 aliphatic rings. The maximum atomic E-state index is 11.8. The van der Waals surface area contributed by atoms with Crippen LogP contribution in [0.5, 0.6) is 0 Å². The summed E-state index contributed by atoms with van der Waals surface area (Å²) in [5.74, 6) is -0.284. The number of aromatic nitrogens is 1. The average Bonchev–Trinajstić information content (AvgIpc) is 2.89. The minimum Gasteiger partial charge on any atom is -0.354 e. The van der Waals surface area contributed by atoms with Gasteiger partial charge in [0.2, 0.25) is 0 Å². The van der Waals surface area contributed by atoms with Gasteiger partial charge in [-0.05, 0) is 19.1 Å². The number of amides is 3. The number of nitrogens with zero attached hydrogens (tertiary/aromatic N) is 1. The van der Waals surface area contributed by atoms with Crippen LogP contribution in [0.2, 0.25) is 0 Å². The Bertz CT molecular complexity index is 622. The fourth-order valence-electron chi connectivity index (χ4n) is 1.46. The summed E-state index contributed by atoms with van der Waals surface area (Å²) in [5.41, 5.74) is 2.09. The van der Waals surface area contributed by atoms with Gasteiger partial charge in [0.1, 0.15) is 5.69 Å². The van der Waals surface area contributed by atoms with E-state index >= 15 is 0 Å². The van der Waals surface area contributed by atoms with Crippen molar-refractivity contribution in [2.45, 2.75) is 6.92 Å². The Balaban J connectivity index is 1.96. The number of nitrogens with one attached hydrogen (secondary N) is 3. The summed E-state index contributed by atoms with van der Waals surface area (Å²) >= 11 is 1.19. The standard InChI is InChI=1S/C13H14N4O2S/c1-8-3-5-9(6-4-8)15-12(19)17-13-16-10(7-20-13)11(18)14-2/h3-7H,1-2H3,(H,14,18)(H2,15,16,17,19). The van der Waals surface area contributed by atoms with Crippen LogP contribution in [0.15, 0.2) is 29.6 Å². The van der Waals surface area contributed by atoms with Crippen LogP contribution < -0.4 is 16.0 Å². The molecule has 0 aliphatic heterocycles. The van der Waals surface area contributed by atoms with Gasteiger partial charge in [0.25, 0.3) is 5.91 Å². The van der Waals surface area contributed by atoms with Gasteiger partial charge in [0, 0.05) is 18.1 Å². The molecule has 7 heteroatoms. The molecule has 0 atom stereocenters. The first-order chi connectivity index (χ1) is 9.58. The van der Waals surface area contributed by atoms with Gasteiger partial charge < -0.3 is 10.6 Å². The van der Waals surface area contributed by atoms with E-state index in [1.54, 1.807) is 5.38 Å². The lowest BCUT2D eigenvalue weighted by atomic mass is 10.2. The van der Waals surface area contributed by atoms with Crippen molar-refractivity contribution in [1.82, 2.24) is 10.3 Å². The molecule has 0 spiro atoms. The van der Waals surface area contributed by atoms with Crippen LogP contribution in [0.1, 0.15) is 16.1 Å². The summed E-state index contributed by atoms with van der Waals surface area (Å²) in [7, 11) is 1.53. The Kier molecular flexibility index (Phi) is 4.31. The number of benzene rings is 1. The second-order valence-electron chi connectivity index (χ2n) is 4.06. The zero-order valence-electron chi connectivity index (χ0n) is 11.1. The molecule has 0 unspecified atom stereocenters. The normalized spacial score (nSPS) is 9.90. The van der Waals surface area contributed by atoms with Gasteiger partial charge in [-0.2, -0.15) is 0 Å². The Morgan fingerprint density at radius 2 is 1.85 bits per heavy atom. The lowest BCUT2D eigenvalue weighted by Crippen LogP contribution is -2.20. The lowest BCUT2D eigenvalue weighted by molar-refractivity contribution is 0.0959. The van der Waals surface area contributed by atoms with Gasteiger partial charge in [-0.1, -0.05) is 17.7 Å². The molecule has 0 radical (unpaired) electrons. The van der Waals surface area contributed by atoms with Crippen LogP contribution in [0, 0.1) is 6.92 Å². The summed E-state index contributed by atoms with van der Waals surface area (Å²) < 4.78 is 0. The van der Waals surface area contributed by atoms with E-state index in [0.717, 1.165) is 5.56 Å². The van der Waals surface area contributed by atoms with Gasteiger partial charge in [-0.25, -0.2) is 9.78 Å². The van der Waals surface area contributed by atoms with Crippen LogP contribution in [0.25, 0.3) is 0 Å². The molecule has 3 amide bonds. The molecular formula is C13H14N4O2S. The van der Waals surface area contributed by atoms with Gasteiger partial charge >= 0.3 is 6.03 Å². The number of rotatable bonds is 3. The van der Waals surface area contributed by atoms with E-state index in [1.807, 2.05) is 31.2 Å². The minimum absolute atomic E-state index is 0.281. The molecule has 0 bridgehead atoms. The second-order valence-corrected chi connectivity index (χ2v) is 4.92. The van der Waals surface area contributed by atoms with Crippen molar-refractivity contribution in [3.05, 3.63) is 40.9 Å². The largest absolute Gasteiger partial charge is 0.354 e. The highest BCUT2D eigenvalue weighted by molar-refractivity contribution is 7.14. The van der Waals surface area contributed by atoms with Crippen LogP contribution in [-0.4, -0.2) is 24.0 Å². The van der Waals surface area contributed by atoms with E-state index in [0.29, 0.717) is 10.8 Å². The van der Waals surface area contributed by atoms with E-state index in [-0.39, 0.29) is 11.6 Å². The molecule has 20 heavy (non-hydrogen) atoms. The maximum absolute atomic E-state index is 11.8. The quantitative estimate of drug-likeness (QED) is 0.812. The van der Waals surface area contributed by atoms with Crippen molar-refractivity contribution in [3.63, 3.8) is 0 Å². The molecule has 2 aromatic rings. The summed E-state index contributed by atoms with van der Waals surface area (Å²) in [6.07, 6.45) is 0. The molecule has 1 aromatic heterocycles. The highest BCUT2D eigenvalue weighted by atomic mass is 32.1. The third-order valence-electron chi connectivity index (χ3n) is 2.49. The number of anilines is 2. The van der Waals surface area contributed by atoms with E-state index in [9.17, 15) is 9.59 Å². The predicted molar refractivity (Wildman–Crippen MR) is 79.3 cm³/mol. The number of carbonyl (C=O) groups is 2. The molecular weight excluding hydrogens is 276 g/mol. The molecule has 2 rings (SSSR count). The van der Waals surface area contributed by atoms with Crippen LogP contribution in [0.3, 0.4) is 0 Å². The smallest absolute Gasteiger partial charge is 0.325 e. The number of hydrogen-bond donors (Lipinski definition) is 3. The minimum atomic E-state index is -0.397. The summed E-state index contributed by atoms with van der Waals surface area (Å²) in [6.45, 7) is 1.97. The monoisotopic (exact) mass is 290 g/mol.